The van der Waals surface area contributed by atoms with Gasteiger partial charge >= 0.3 is 0 Å². The Kier molecular flexibility index (Phi) is 5.08. The van der Waals surface area contributed by atoms with E-state index in [0.29, 0.717) is 18.1 Å². The second-order valence-corrected chi connectivity index (χ2v) is 5.64. The van der Waals surface area contributed by atoms with Crippen LogP contribution in [-0.4, -0.2) is 16.6 Å². The minimum absolute atomic E-state index is 0.445. The predicted octanol–water partition coefficient (Wildman–Crippen LogP) is 3.82. The van der Waals surface area contributed by atoms with Crippen LogP contribution in [0.1, 0.15) is 17.4 Å². The van der Waals surface area contributed by atoms with Crippen molar-refractivity contribution in [3.8, 4) is 11.3 Å². The van der Waals surface area contributed by atoms with Crippen molar-refractivity contribution < 1.29 is 9.52 Å². The number of benzene rings is 1. The molecule has 0 saturated carbocycles. The fraction of sp³-hybridized carbons (Fsp3) is 0.167. The molecule has 5 heteroatoms. The molecule has 1 aromatic carbocycles. The Hall–Kier alpha value is -2.14. The van der Waals surface area contributed by atoms with Crippen LogP contribution in [0.25, 0.3) is 11.3 Å². The first-order valence-electron chi connectivity index (χ1n) is 7.36. The molecule has 0 spiro atoms. The monoisotopic (exact) mass is 328 g/mol. The number of aromatic nitrogens is 1. The number of hydrogen-bond donors (Lipinski definition) is 2. The second kappa shape index (κ2) is 7.42. The minimum Gasteiger partial charge on any atom is -0.460 e. The molecule has 0 amide bonds. The number of hydrogen-bond acceptors (Lipinski definition) is 4. The number of halogens is 1. The zero-order valence-electron chi connectivity index (χ0n) is 12.4. The number of furan rings is 1. The summed E-state index contributed by atoms with van der Waals surface area (Å²) in [5, 5.41) is 14.0. The maximum absolute atomic E-state index is 10.1. The summed E-state index contributed by atoms with van der Waals surface area (Å²) in [5.74, 6) is 1.62. The molecule has 2 N–H and O–H groups in total. The number of aliphatic hydroxyl groups is 1. The van der Waals surface area contributed by atoms with E-state index in [4.69, 9.17) is 16.0 Å². The van der Waals surface area contributed by atoms with Gasteiger partial charge in [-0.05, 0) is 54.1 Å². The van der Waals surface area contributed by atoms with Crippen molar-refractivity contribution in [2.24, 2.45) is 0 Å². The van der Waals surface area contributed by atoms with E-state index in [-0.39, 0.29) is 0 Å². The van der Waals surface area contributed by atoms with Crippen LogP contribution in [0.4, 0.5) is 0 Å². The summed E-state index contributed by atoms with van der Waals surface area (Å²) >= 11 is 5.88. The van der Waals surface area contributed by atoms with Crippen LogP contribution in [0.5, 0.6) is 0 Å². The minimum atomic E-state index is -0.566. The van der Waals surface area contributed by atoms with Gasteiger partial charge in [0.05, 0.1) is 12.6 Å². The molecule has 118 valence electrons. The van der Waals surface area contributed by atoms with Crippen molar-refractivity contribution in [3.63, 3.8) is 0 Å². The molecular weight excluding hydrogens is 312 g/mol. The summed E-state index contributed by atoms with van der Waals surface area (Å²) in [5.41, 5.74) is 1.83. The van der Waals surface area contributed by atoms with Crippen molar-refractivity contribution in [2.75, 3.05) is 6.54 Å². The van der Waals surface area contributed by atoms with Crippen molar-refractivity contribution >= 4 is 11.6 Å². The van der Waals surface area contributed by atoms with Crippen LogP contribution in [0.2, 0.25) is 5.02 Å². The number of rotatable bonds is 6. The molecule has 0 aliphatic heterocycles. The highest BCUT2D eigenvalue weighted by atomic mass is 35.5. The third-order valence-corrected chi connectivity index (χ3v) is 3.77. The zero-order chi connectivity index (χ0) is 16.1. The maximum atomic E-state index is 10.1. The van der Waals surface area contributed by atoms with Gasteiger partial charge in [0.2, 0.25) is 0 Å². The van der Waals surface area contributed by atoms with E-state index in [1.54, 1.807) is 24.5 Å². The lowest BCUT2D eigenvalue weighted by atomic mass is 10.1. The zero-order valence-corrected chi connectivity index (χ0v) is 13.2. The molecule has 0 bridgehead atoms. The van der Waals surface area contributed by atoms with Gasteiger partial charge in [0.15, 0.2) is 0 Å². The molecule has 4 nitrogen and oxygen atoms in total. The van der Waals surface area contributed by atoms with E-state index in [2.05, 4.69) is 10.3 Å². The average molecular weight is 329 g/mol. The fourth-order valence-corrected chi connectivity index (χ4v) is 2.40. The highest BCUT2D eigenvalue weighted by Crippen LogP contribution is 2.23. The van der Waals surface area contributed by atoms with Gasteiger partial charge in [-0.3, -0.25) is 4.98 Å². The highest BCUT2D eigenvalue weighted by Gasteiger charge is 2.08. The van der Waals surface area contributed by atoms with E-state index >= 15 is 0 Å². The van der Waals surface area contributed by atoms with Crippen LogP contribution in [-0.2, 0) is 6.54 Å². The third kappa shape index (κ3) is 4.20. The summed E-state index contributed by atoms with van der Waals surface area (Å²) in [7, 11) is 0. The van der Waals surface area contributed by atoms with Gasteiger partial charge < -0.3 is 14.8 Å². The van der Waals surface area contributed by atoms with Gasteiger partial charge in [-0.25, -0.2) is 0 Å². The van der Waals surface area contributed by atoms with E-state index in [1.165, 1.54) is 0 Å². The second-order valence-electron chi connectivity index (χ2n) is 5.20. The lowest BCUT2D eigenvalue weighted by molar-refractivity contribution is 0.173. The number of nitrogens with zero attached hydrogens (tertiary/aromatic N) is 1. The van der Waals surface area contributed by atoms with Crippen LogP contribution in [0, 0.1) is 0 Å². The Labute approximate surface area is 139 Å². The molecule has 0 aliphatic carbocycles. The number of pyridine rings is 1. The summed E-state index contributed by atoms with van der Waals surface area (Å²) in [6.07, 6.45) is 2.77. The molecule has 2 heterocycles. The molecule has 2 aromatic heterocycles. The van der Waals surface area contributed by atoms with Crippen LogP contribution in [0.3, 0.4) is 0 Å². The first-order valence-corrected chi connectivity index (χ1v) is 7.73. The lowest BCUT2D eigenvalue weighted by Crippen LogP contribution is -2.20. The quantitative estimate of drug-likeness (QED) is 0.722. The van der Waals surface area contributed by atoms with Crippen molar-refractivity contribution in [1.29, 1.82) is 0 Å². The van der Waals surface area contributed by atoms with Crippen LogP contribution < -0.4 is 5.32 Å². The van der Waals surface area contributed by atoms with Gasteiger partial charge in [-0.1, -0.05) is 11.6 Å². The predicted molar refractivity (Wildman–Crippen MR) is 90.1 cm³/mol. The largest absolute Gasteiger partial charge is 0.460 e. The molecule has 3 aromatic rings. The van der Waals surface area contributed by atoms with Crippen molar-refractivity contribution in [1.82, 2.24) is 10.3 Å². The Morgan fingerprint density at radius 1 is 1.04 bits per heavy atom. The van der Waals surface area contributed by atoms with Crippen LogP contribution >= 0.6 is 11.6 Å². The number of aliphatic hydroxyl groups excluding tert-OH is 1. The number of nitrogens with one attached hydrogen (secondary N) is 1. The molecule has 1 unspecified atom stereocenters. The molecule has 23 heavy (non-hydrogen) atoms. The third-order valence-electron chi connectivity index (χ3n) is 3.52. The van der Waals surface area contributed by atoms with Gasteiger partial charge in [0, 0.05) is 29.5 Å². The molecule has 0 fully saturated rings. The molecule has 0 radical (unpaired) electrons. The lowest BCUT2D eigenvalue weighted by Gasteiger charge is -2.11. The van der Waals surface area contributed by atoms with E-state index in [1.807, 2.05) is 36.4 Å². The topological polar surface area (TPSA) is 58.3 Å². The molecule has 0 saturated heterocycles. The fourth-order valence-electron chi connectivity index (χ4n) is 2.28. The molecule has 1 atom stereocenters. The smallest absolute Gasteiger partial charge is 0.134 e. The van der Waals surface area contributed by atoms with E-state index < -0.39 is 6.10 Å². The summed E-state index contributed by atoms with van der Waals surface area (Å²) in [6.45, 7) is 0.997. The van der Waals surface area contributed by atoms with E-state index in [9.17, 15) is 5.11 Å². The highest BCUT2D eigenvalue weighted by molar-refractivity contribution is 6.30. The maximum Gasteiger partial charge on any atom is 0.134 e. The normalized spacial score (nSPS) is 12.3. The van der Waals surface area contributed by atoms with Crippen molar-refractivity contribution in [2.45, 2.75) is 12.6 Å². The first kappa shape index (κ1) is 15.7. The van der Waals surface area contributed by atoms with Gasteiger partial charge in [0.1, 0.15) is 11.5 Å². The SMILES string of the molecule is OC(CNCc1ccc(-c2ccc(Cl)cc2)o1)c1ccncc1. The van der Waals surface area contributed by atoms with Gasteiger partial charge in [-0.2, -0.15) is 0 Å². The summed E-state index contributed by atoms with van der Waals surface area (Å²) in [6, 6.07) is 15.0. The molecule has 0 aliphatic rings. The van der Waals surface area contributed by atoms with Gasteiger partial charge in [0.25, 0.3) is 0 Å². The summed E-state index contributed by atoms with van der Waals surface area (Å²) in [4.78, 5) is 3.94. The standard InChI is InChI=1S/C18H17ClN2O2/c19-15-3-1-14(2-4-15)18-6-5-16(23-18)11-21-12-17(22)13-7-9-20-10-8-13/h1-10,17,21-22H,11-12H2. The summed E-state index contributed by atoms with van der Waals surface area (Å²) < 4.78 is 5.80. The Balaban J connectivity index is 1.54. The Bertz CT molecular complexity index is 741. The molecule has 3 rings (SSSR count). The van der Waals surface area contributed by atoms with Crippen molar-refractivity contribution in [3.05, 3.63) is 77.3 Å². The first-order chi connectivity index (χ1) is 11.2. The Morgan fingerprint density at radius 3 is 2.52 bits per heavy atom. The Morgan fingerprint density at radius 2 is 1.78 bits per heavy atom. The average Bonchev–Trinajstić information content (AvgIpc) is 3.05. The van der Waals surface area contributed by atoms with Crippen LogP contribution in [0.15, 0.2) is 65.3 Å². The van der Waals surface area contributed by atoms with Gasteiger partial charge in [-0.15, -0.1) is 0 Å². The van der Waals surface area contributed by atoms with E-state index in [0.717, 1.165) is 22.6 Å². The molecular formula is C18H17ClN2O2.